The number of anilines is 1. The maximum absolute atomic E-state index is 13.7. The molecule has 2 rings (SSSR count). The van der Waals surface area contributed by atoms with Gasteiger partial charge in [0, 0.05) is 24.9 Å². The number of halogens is 1. The van der Waals surface area contributed by atoms with E-state index in [0.717, 1.165) is 18.9 Å². The van der Waals surface area contributed by atoms with E-state index < -0.39 is 15.8 Å². The fraction of sp³-hybridized carbons (Fsp3) is 0.538. The number of hydrogen-bond donors (Lipinski definition) is 2. The Labute approximate surface area is 118 Å². The second kappa shape index (κ2) is 6.07. The second-order valence-corrected chi connectivity index (χ2v) is 6.73. The highest BCUT2D eigenvalue weighted by atomic mass is 32.2. The van der Waals surface area contributed by atoms with Crippen molar-refractivity contribution in [2.45, 2.75) is 30.7 Å². The van der Waals surface area contributed by atoms with Crippen LogP contribution in [0.2, 0.25) is 0 Å². The average molecular weight is 302 g/mol. The van der Waals surface area contributed by atoms with Crippen LogP contribution in [0.15, 0.2) is 23.1 Å². The molecule has 1 heterocycles. The summed E-state index contributed by atoms with van der Waals surface area (Å²) in [5, 5.41) is 0. The molecule has 0 bridgehead atoms. The van der Waals surface area contributed by atoms with E-state index in [0.29, 0.717) is 13.2 Å². The lowest BCUT2D eigenvalue weighted by molar-refractivity contribution is 0.0585. The summed E-state index contributed by atoms with van der Waals surface area (Å²) in [5.41, 5.74) is 5.61. The van der Waals surface area contributed by atoms with E-state index in [-0.39, 0.29) is 22.5 Å². The molecule has 1 aromatic carbocycles. The minimum absolute atomic E-state index is 0.193. The first kappa shape index (κ1) is 15.2. The molecule has 0 amide bonds. The number of nitrogens with two attached hydrogens (primary N) is 1. The zero-order valence-corrected chi connectivity index (χ0v) is 12.1. The van der Waals surface area contributed by atoms with Gasteiger partial charge in [-0.15, -0.1) is 0 Å². The van der Waals surface area contributed by atoms with Crippen molar-refractivity contribution in [1.82, 2.24) is 4.72 Å². The number of sulfonamides is 1. The van der Waals surface area contributed by atoms with E-state index in [1.165, 1.54) is 12.1 Å². The van der Waals surface area contributed by atoms with Gasteiger partial charge in [0.05, 0.1) is 0 Å². The van der Waals surface area contributed by atoms with Crippen molar-refractivity contribution in [3.05, 3.63) is 24.0 Å². The van der Waals surface area contributed by atoms with Gasteiger partial charge in [0.15, 0.2) is 0 Å². The summed E-state index contributed by atoms with van der Waals surface area (Å²) in [6.45, 7) is 3.06. The Hall–Kier alpha value is -1.18. The predicted molar refractivity (Wildman–Crippen MR) is 74.1 cm³/mol. The highest BCUT2D eigenvalue weighted by Gasteiger charge is 2.27. The molecule has 0 aromatic heterocycles. The first-order valence-electron chi connectivity index (χ1n) is 6.55. The third-order valence-corrected chi connectivity index (χ3v) is 5.15. The minimum atomic E-state index is -3.88. The number of nitrogens with one attached hydrogen (secondary N) is 1. The van der Waals surface area contributed by atoms with Crippen LogP contribution in [-0.4, -0.2) is 27.7 Å². The lowest BCUT2D eigenvalue weighted by Crippen LogP contribution is -2.40. The predicted octanol–water partition coefficient (Wildman–Crippen LogP) is 1.50. The molecule has 1 fully saturated rings. The molecule has 0 saturated carbocycles. The number of hydrogen-bond acceptors (Lipinski definition) is 4. The molecule has 5 nitrogen and oxygen atoms in total. The van der Waals surface area contributed by atoms with Crippen molar-refractivity contribution in [2.75, 3.05) is 18.9 Å². The van der Waals surface area contributed by atoms with Crippen LogP contribution in [0.25, 0.3) is 0 Å². The summed E-state index contributed by atoms with van der Waals surface area (Å²) >= 11 is 0. The fourth-order valence-electron chi connectivity index (χ4n) is 2.36. The zero-order chi connectivity index (χ0) is 14.8. The Kier molecular flexibility index (Phi) is 4.62. The van der Waals surface area contributed by atoms with E-state index >= 15 is 0 Å². The molecule has 112 valence electrons. The molecule has 7 heteroatoms. The minimum Gasteiger partial charge on any atom is -0.399 e. The molecular formula is C13H19FN2O3S. The quantitative estimate of drug-likeness (QED) is 0.826. The molecule has 0 aliphatic carbocycles. The summed E-state index contributed by atoms with van der Waals surface area (Å²) in [6.07, 6.45) is 1.60. The van der Waals surface area contributed by atoms with Gasteiger partial charge in [0.1, 0.15) is 10.7 Å². The molecule has 0 spiro atoms. The smallest absolute Gasteiger partial charge is 0.243 e. The Morgan fingerprint density at radius 1 is 1.40 bits per heavy atom. The van der Waals surface area contributed by atoms with Crippen molar-refractivity contribution in [2.24, 2.45) is 5.92 Å². The fourth-order valence-corrected chi connectivity index (χ4v) is 3.73. The monoisotopic (exact) mass is 302 g/mol. The molecule has 1 saturated heterocycles. The van der Waals surface area contributed by atoms with Crippen LogP contribution in [0.4, 0.5) is 10.1 Å². The van der Waals surface area contributed by atoms with Gasteiger partial charge in [-0.25, -0.2) is 17.5 Å². The first-order chi connectivity index (χ1) is 9.40. The maximum Gasteiger partial charge on any atom is 0.243 e. The summed E-state index contributed by atoms with van der Waals surface area (Å²) < 4.78 is 45.9. The van der Waals surface area contributed by atoms with Gasteiger partial charge in [0.2, 0.25) is 10.0 Å². The largest absolute Gasteiger partial charge is 0.399 e. The standard InChI is InChI=1S/C13H19FN2O3S/c1-9(10-4-6-19-7-5-10)16-20(17,18)13-3-2-11(15)8-12(13)14/h2-3,8-10,16H,4-7,15H2,1H3. The van der Waals surface area contributed by atoms with Crippen LogP contribution in [0.3, 0.4) is 0 Å². The zero-order valence-electron chi connectivity index (χ0n) is 11.3. The van der Waals surface area contributed by atoms with Crippen LogP contribution in [0.1, 0.15) is 19.8 Å². The Morgan fingerprint density at radius 3 is 2.65 bits per heavy atom. The molecule has 3 N–H and O–H groups in total. The molecule has 1 aromatic rings. The van der Waals surface area contributed by atoms with Crippen molar-refractivity contribution in [3.63, 3.8) is 0 Å². The Balaban J connectivity index is 2.13. The lowest BCUT2D eigenvalue weighted by Gasteiger charge is -2.28. The summed E-state index contributed by atoms with van der Waals surface area (Å²) in [4.78, 5) is -0.370. The summed E-state index contributed by atoms with van der Waals surface area (Å²) in [5.74, 6) is -0.632. The topological polar surface area (TPSA) is 81.4 Å². The van der Waals surface area contributed by atoms with Gasteiger partial charge in [-0.2, -0.15) is 0 Å². The third kappa shape index (κ3) is 3.47. The lowest BCUT2D eigenvalue weighted by atomic mass is 9.94. The Morgan fingerprint density at radius 2 is 2.05 bits per heavy atom. The molecular weight excluding hydrogens is 283 g/mol. The third-order valence-electron chi connectivity index (χ3n) is 3.56. The summed E-state index contributed by atoms with van der Waals surface area (Å²) in [6, 6.07) is 3.30. The van der Waals surface area contributed by atoms with Crippen LogP contribution in [0, 0.1) is 11.7 Å². The van der Waals surface area contributed by atoms with Gasteiger partial charge >= 0.3 is 0 Å². The second-order valence-electron chi connectivity index (χ2n) is 5.05. The van der Waals surface area contributed by atoms with Crippen LogP contribution < -0.4 is 10.5 Å². The number of nitrogen functional groups attached to an aromatic ring is 1. The molecule has 1 atom stereocenters. The van der Waals surface area contributed by atoms with Crippen molar-refractivity contribution in [1.29, 1.82) is 0 Å². The van der Waals surface area contributed by atoms with E-state index in [4.69, 9.17) is 10.5 Å². The molecule has 0 radical (unpaired) electrons. The van der Waals surface area contributed by atoms with Crippen molar-refractivity contribution < 1.29 is 17.5 Å². The van der Waals surface area contributed by atoms with Gasteiger partial charge in [-0.3, -0.25) is 0 Å². The van der Waals surface area contributed by atoms with Gasteiger partial charge in [0.25, 0.3) is 0 Å². The average Bonchev–Trinajstić information content (AvgIpc) is 2.38. The van der Waals surface area contributed by atoms with Gasteiger partial charge in [-0.1, -0.05) is 0 Å². The van der Waals surface area contributed by atoms with E-state index in [1.54, 1.807) is 6.92 Å². The number of benzene rings is 1. The highest BCUT2D eigenvalue weighted by molar-refractivity contribution is 7.89. The normalized spacial score (nSPS) is 18.9. The number of rotatable bonds is 4. The van der Waals surface area contributed by atoms with E-state index in [1.807, 2.05) is 0 Å². The van der Waals surface area contributed by atoms with E-state index in [9.17, 15) is 12.8 Å². The SMILES string of the molecule is CC(NS(=O)(=O)c1ccc(N)cc1F)C1CCOCC1. The number of ether oxygens (including phenoxy) is 1. The van der Waals surface area contributed by atoms with Crippen LogP contribution in [0.5, 0.6) is 0 Å². The van der Waals surface area contributed by atoms with Crippen molar-refractivity contribution in [3.8, 4) is 0 Å². The van der Waals surface area contributed by atoms with E-state index in [2.05, 4.69) is 4.72 Å². The molecule has 1 unspecified atom stereocenters. The van der Waals surface area contributed by atoms with Gasteiger partial charge in [-0.05, 0) is 43.9 Å². The summed E-state index contributed by atoms with van der Waals surface area (Å²) in [7, 11) is -3.88. The Bertz CT molecular complexity index is 571. The first-order valence-corrected chi connectivity index (χ1v) is 8.03. The highest BCUT2D eigenvalue weighted by Crippen LogP contribution is 2.22. The molecule has 20 heavy (non-hydrogen) atoms. The van der Waals surface area contributed by atoms with Crippen LogP contribution in [-0.2, 0) is 14.8 Å². The maximum atomic E-state index is 13.7. The van der Waals surface area contributed by atoms with Crippen LogP contribution >= 0.6 is 0 Å². The van der Waals surface area contributed by atoms with Crippen molar-refractivity contribution >= 4 is 15.7 Å². The molecule has 1 aliphatic rings. The molecule has 1 aliphatic heterocycles. The van der Waals surface area contributed by atoms with Gasteiger partial charge < -0.3 is 10.5 Å².